The van der Waals surface area contributed by atoms with Crippen LogP contribution < -0.4 is 5.32 Å². The molecule has 1 aliphatic carbocycles. The molecule has 4 nitrogen and oxygen atoms in total. The normalized spacial score (nSPS) is 25.3. The van der Waals surface area contributed by atoms with Crippen LogP contribution in [-0.2, 0) is 16.1 Å². The molecule has 1 amide bonds. The molecule has 0 saturated heterocycles. The minimum atomic E-state index is -0.392. The van der Waals surface area contributed by atoms with Crippen molar-refractivity contribution in [2.24, 2.45) is 0 Å². The monoisotopic (exact) mass is 311 g/mol. The minimum absolute atomic E-state index is 0.0395. The summed E-state index contributed by atoms with van der Waals surface area (Å²) in [6, 6.07) is 10.1. The van der Waals surface area contributed by atoms with Gasteiger partial charge in [0.15, 0.2) is 0 Å². The third kappa shape index (κ3) is 5.21. The summed E-state index contributed by atoms with van der Waals surface area (Å²) < 4.78 is 10.8. The van der Waals surface area contributed by atoms with Gasteiger partial charge >= 0.3 is 6.09 Å². The van der Waals surface area contributed by atoms with Crippen LogP contribution in [0.15, 0.2) is 30.3 Å². The number of hydrogen-bond donors (Lipinski definition) is 1. The Hall–Kier alpha value is -1.26. The van der Waals surface area contributed by atoms with Crippen molar-refractivity contribution in [2.75, 3.05) is 6.61 Å². The van der Waals surface area contributed by atoms with Crippen LogP contribution in [0.25, 0.3) is 0 Å². The standard InChI is InChI=1S/C16H22ClNO3/c1-2-20-16(19)18-15-9-8-13(10-14(15)17)21-11-12-6-4-3-5-7-12/h3-7,13-15H,2,8-11H2,1H3,(H,18,19)/t13-,14+,15+/m0/s1. The number of ether oxygens (including phenoxy) is 2. The van der Waals surface area contributed by atoms with Gasteiger partial charge in [-0.2, -0.15) is 0 Å². The summed E-state index contributed by atoms with van der Waals surface area (Å²) in [5.74, 6) is 0. The minimum Gasteiger partial charge on any atom is -0.450 e. The molecule has 2 rings (SSSR count). The summed E-state index contributed by atoms with van der Waals surface area (Å²) in [7, 11) is 0. The number of nitrogens with one attached hydrogen (secondary N) is 1. The molecule has 0 heterocycles. The Balaban J connectivity index is 1.74. The first kappa shape index (κ1) is 16.1. The van der Waals surface area contributed by atoms with E-state index in [0.717, 1.165) is 24.8 Å². The van der Waals surface area contributed by atoms with E-state index in [0.29, 0.717) is 13.2 Å². The highest BCUT2D eigenvalue weighted by atomic mass is 35.5. The van der Waals surface area contributed by atoms with Crippen LogP contribution in [-0.4, -0.2) is 30.2 Å². The van der Waals surface area contributed by atoms with E-state index < -0.39 is 6.09 Å². The fraction of sp³-hybridized carbons (Fsp3) is 0.562. The van der Waals surface area contributed by atoms with Gasteiger partial charge in [0.05, 0.1) is 24.7 Å². The first-order valence-corrected chi connectivity index (χ1v) is 7.85. The van der Waals surface area contributed by atoms with E-state index in [2.05, 4.69) is 5.32 Å². The van der Waals surface area contributed by atoms with E-state index in [9.17, 15) is 4.79 Å². The van der Waals surface area contributed by atoms with Crippen molar-refractivity contribution in [2.45, 2.75) is 50.3 Å². The molecule has 0 aromatic heterocycles. The highest BCUT2D eigenvalue weighted by Gasteiger charge is 2.31. The van der Waals surface area contributed by atoms with Crippen molar-refractivity contribution >= 4 is 17.7 Å². The summed E-state index contributed by atoms with van der Waals surface area (Å²) in [6.07, 6.45) is 2.20. The fourth-order valence-electron chi connectivity index (χ4n) is 2.51. The molecule has 1 N–H and O–H groups in total. The quantitative estimate of drug-likeness (QED) is 0.847. The Labute approximate surface area is 130 Å². The topological polar surface area (TPSA) is 47.6 Å². The lowest BCUT2D eigenvalue weighted by Crippen LogP contribution is -2.46. The summed E-state index contributed by atoms with van der Waals surface area (Å²) in [5, 5.41) is 2.69. The molecule has 0 radical (unpaired) electrons. The Morgan fingerprint density at radius 3 is 2.76 bits per heavy atom. The van der Waals surface area contributed by atoms with Crippen molar-refractivity contribution in [3.63, 3.8) is 0 Å². The average Bonchev–Trinajstić information content (AvgIpc) is 2.49. The molecule has 1 aromatic rings. The fourth-order valence-corrected chi connectivity index (χ4v) is 2.89. The van der Waals surface area contributed by atoms with Crippen LogP contribution in [0.2, 0.25) is 0 Å². The molecule has 1 aliphatic rings. The predicted octanol–water partition coefficient (Wildman–Crippen LogP) is 3.48. The summed E-state index contributed by atoms with van der Waals surface area (Å²) in [6.45, 7) is 2.76. The highest BCUT2D eigenvalue weighted by Crippen LogP contribution is 2.26. The molecular formula is C16H22ClNO3. The molecule has 0 spiro atoms. The van der Waals surface area contributed by atoms with Gasteiger partial charge in [-0.15, -0.1) is 11.6 Å². The number of hydrogen-bond acceptors (Lipinski definition) is 3. The van der Waals surface area contributed by atoms with Gasteiger partial charge in [-0.3, -0.25) is 0 Å². The van der Waals surface area contributed by atoms with E-state index in [1.54, 1.807) is 6.92 Å². The lowest BCUT2D eigenvalue weighted by atomic mass is 9.92. The Bertz CT molecular complexity index is 440. The van der Waals surface area contributed by atoms with Gasteiger partial charge in [0.2, 0.25) is 0 Å². The highest BCUT2D eigenvalue weighted by molar-refractivity contribution is 6.21. The number of rotatable bonds is 5. The molecule has 0 unspecified atom stereocenters. The molecule has 5 heteroatoms. The van der Waals surface area contributed by atoms with Crippen molar-refractivity contribution in [1.82, 2.24) is 5.32 Å². The maximum atomic E-state index is 11.4. The molecule has 3 atom stereocenters. The summed E-state index contributed by atoms with van der Waals surface area (Å²) in [4.78, 5) is 11.4. The molecule has 1 saturated carbocycles. The van der Waals surface area contributed by atoms with Crippen LogP contribution in [0.5, 0.6) is 0 Å². The number of carbonyl (C=O) groups excluding carboxylic acids is 1. The number of alkyl carbamates (subject to hydrolysis) is 1. The van der Waals surface area contributed by atoms with E-state index in [1.807, 2.05) is 30.3 Å². The number of alkyl halides is 1. The van der Waals surface area contributed by atoms with Gasteiger partial charge < -0.3 is 14.8 Å². The van der Waals surface area contributed by atoms with Gasteiger partial charge in [-0.25, -0.2) is 4.79 Å². The average molecular weight is 312 g/mol. The molecule has 21 heavy (non-hydrogen) atoms. The third-order valence-electron chi connectivity index (χ3n) is 3.63. The lowest BCUT2D eigenvalue weighted by molar-refractivity contribution is 0.0124. The summed E-state index contributed by atoms with van der Waals surface area (Å²) >= 11 is 6.35. The van der Waals surface area contributed by atoms with E-state index in [4.69, 9.17) is 21.1 Å². The van der Waals surface area contributed by atoms with Crippen LogP contribution >= 0.6 is 11.6 Å². The second-order valence-corrected chi connectivity index (χ2v) is 5.78. The van der Waals surface area contributed by atoms with Crippen LogP contribution in [0.1, 0.15) is 31.7 Å². The van der Waals surface area contributed by atoms with E-state index >= 15 is 0 Å². The number of carbonyl (C=O) groups is 1. The van der Waals surface area contributed by atoms with Crippen molar-refractivity contribution < 1.29 is 14.3 Å². The first-order chi connectivity index (χ1) is 10.2. The summed E-state index contributed by atoms with van der Waals surface area (Å²) in [5.41, 5.74) is 1.16. The van der Waals surface area contributed by atoms with Gasteiger partial charge in [0.1, 0.15) is 0 Å². The molecule has 0 bridgehead atoms. The van der Waals surface area contributed by atoms with Crippen LogP contribution in [0.3, 0.4) is 0 Å². The van der Waals surface area contributed by atoms with E-state index in [1.165, 1.54) is 0 Å². The molecule has 0 aliphatic heterocycles. The molecule has 1 aromatic carbocycles. The van der Waals surface area contributed by atoms with Gasteiger partial charge in [-0.1, -0.05) is 30.3 Å². The van der Waals surface area contributed by atoms with Crippen molar-refractivity contribution in [1.29, 1.82) is 0 Å². The van der Waals surface area contributed by atoms with Gasteiger partial charge in [0.25, 0.3) is 0 Å². The second kappa shape index (κ2) is 8.25. The SMILES string of the molecule is CCOC(=O)N[C@@H]1CC[C@H](OCc2ccccc2)C[C@H]1Cl. The maximum absolute atomic E-state index is 11.4. The van der Waals surface area contributed by atoms with Gasteiger partial charge in [0, 0.05) is 6.04 Å². The third-order valence-corrected chi connectivity index (χ3v) is 4.11. The largest absolute Gasteiger partial charge is 0.450 e. The number of benzene rings is 1. The lowest BCUT2D eigenvalue weighted by Gasteiger charge is -2.32. The zero-order chi connectivity index (χ0) is 15.1. The maximum Gasteiger partial charge on any atom is 0.407 e. The number of halogens is 1. The van der Waals surface area contributed by atoms with Crippen molar-refractivity contribution in [3.8, 4) is 0 Å². The first-order valence-electron chi connectivity index (χ1n) is 7.42. The number of amides is 1. The Morgan fingerprint density at radius 2 is 2.10 bits per heavy atom. The zero-order valence-electron chi connectivity index (χ0n) is 12.3. The smallest absolute Gasteiger partial charge is 0.407 e. The van der Waals surface area contributed by atoms with Crippen molar-refractivity contribution in [3.05, 3.63) is 35.9 Å². The second-order valence-electron chi connectivity index (χ2n) is 5.22. The zero-order valence-corrected chi connectivity index (χ0v) is 13.0. The Morgan fingerprint density at radius 1 is 1.33 bits per heavy atom. The van der Waals surface area contributed by atoms with Crippen LogP contribution in [0.4, 0.5) is 4.79 Å². The van der Waals surface area contributed by atoms with E-state index in [-0.39, 0.29) is 17.5 Å². The Kier molecular flexibility index (Phi) is 6.33. The van der Waals surface area contributed by atoms with Gasteiger partial charge in [-0.05, 0) is 31.7 Å². The predicted molar refractivity (Wildman–Crippen MR) is 82.5 cm³/mol. The molecule has 116 valence electrons. The van der Waals surface area contributed by atoms with Crippen LogP contribution in [0, 0.1) is 0 Å². The molecule has 1 fully saturated rings. The molecular weight excluding hydrogens is 290 g/mol.